The maximum Gasteiger partial charge on any atom is 0.106 e. The summed E-state index contributed by atoms with van der Waals surface area (Å²) >= 11 is 0. The van der Waals surface area contributed by atoms with Crippen LogP contribution in [0.4, 0.5) is 0 Å². The fourth-order valence-corrected chi connectivity index (χ4v) is 0. The number of hydroxylamine groups is 2. The third kappa shape index (κ3) is 37.6. The van der Waals surface area contributed by atoms with Crippen molar-refractivity contribution in [2.24, 2.45) is 5.16 Å². The molecule has 0 N–H and O–H groups in total. The first-order valence-corrected chi connectivity index (χ1v) is 2.39. The Labute approximate surface area is 56.0 Å². The molecule has 0 aromatic heterocycles. The van der Waals surface area contributed by atoms with Crippen LogP contribution in [0.1, 0.15) is 0 Å². The number of nitrogens with zero attached hydrogens (tertiary/aromatic N) is 2. The lowest BCUT2D eigenvalue weighted by atomic mass is 11.2. The standard InChI is InChI=1S/C3H9NO.C2H5NO/c1-4(2)5-3;1-3-4-2/h1-3H3;1H2,2H3. The Kier molecular flexibility index (Phi) is 13.0. The van der Waals surface area contributed by atoms with Crippen molar-refractivity contribution >= 4 is 6.72 Å². The highest BCUT2D eigenvalue weighted by Gasteiger charge is 1.70. The summed E-state index contributed by atoms with van der Waals surface area (Å²) in [5.74, 6) is 0. The van der Waals surface area contributed by atoms with Gasteiger partial charge in [-0.2, -0.15) is 5.06 Å². The molecule has 0 fully saturated rings. The second-order valence-electron chi connectivity index (χ2n) is 1.31. The van der Waals surface area contributed by atoms with Gasteiger partial charge in [-0.25, -0.2) is 0 Å². The Bertz CT molecular complexity index is 56.9. The molecule has 0 aromatic carbocycles. The number of rotatable bonds is 2. The largest absolute Gasteiger partial charge is 0.400 e. The van der Waals surface area contributed by atoms with E-state index in [-0.39, 0.29) is 0 Å². The summed E-state index contributed by atoms with van der Waals surface area (Å²) < 4.78 is 0. The quantitative estimate of drug-likeness (QED) is 0.404. The summed E-state index contributed by atoms with van der Waals surface area (Å²) in [4.78, 5) is 8.64. The van der Waals surface area contributed by atoms with Gasteiger partial charge in [-0.15, -0.1) is 5.16 Å². The molecule has 4 nitrogen and oxygen atoms in total. The van der Waals surface area contributed by atoms with Crippen LogP contribution < -0.4 is 0 Å². The van der Waals surface area contributed by atoms with Gasteiger partial charge in [0.2, 0.25) is 0 Å². The van der Waals surface area contributed by atoms with Crippen molar-refractivity contribution in [3.8, 4) is 0 Å². The molecule has 0 heterocycles. The second-order valence-corrected chi connectivity index (χ2v) is 1.31. The minimum absolute atomic E-state index is 1.45. The normalized spacial score (nSPS) is 7.67. The molecular formula is C5H14N2O2. The zero-order valence-electron chi connectivity index (χ0n) is 6.42. The van der Waals surface area contributed by atoms with Crippen molar-refractivity contribution in [1.29, 1.82) is 0 Å². The first-order chi connectivity index (χ1) is 4.18. The van der Waals surface area contributed by atoms with E-state index in [0.717, 1.165) is 0 Å². The maximum atomic E-state index is 4.58. The lowest BCUT2D eigenvalue weighted by molar-refractivity contribution is -0.0855. The molecule has 56 valence electrons. The van der Waals surface area contributed by atoms with Gasteiger partial charge in [0.05, 0.1) is 7.11 Å². The van der Waals surface area contributed by atoms with E-state index in [2.05, 4.69) is 21.5 Å². The van der Waals surface area contributed by atoms with Gasteiger partial charge in [-0.1, -0.05) is 0 Å². The minimum Gasteiger partial charge on any atom is -0.400 e. The zero-order chi connectivity index (χ0) is 7.70. The van der Waals surface area contributed by atoms with Gasteiger partial charge in [0.25, 0.3) is 0 Å². The van der Waals surface area contributed by atoms with Gasteiger partial charge in [0, 0.05) is 20.8 Å². The molecular weight excluding hydrogens is 120 g/mol. The molecule has 0 saturated carbocycles. The van der Waals surface area contributed by atoms with E-state index in [1.807, 2.05) is 14.1 Å². The average molecular weight is 134 g/mol. The Balaban J connectivity index is 0. The second kappa shape index (κ2) is 10.4. The van der Waals surface area contributed by atoms with E-state index in [1.165, 1.54) is 7.11 Å². The predicted octanol–water partition coefficient (Wildman–Crippen LogP) is 0.358. The van der Waals surface area contributed by atoms with Crippen molar-refractivity contribution in [3.05, 3.63) is 0 Å². The number of oxime groups is 1. The van der Waals surface area contributed by atoms with Crippen LogP contribution in [0.25, 0.3) is 0 Å². The first-order valence-electron chi connectivity index (χ1n) is 2.39. The van der Waals surface area contributed by atoms with Crippen molar-refractivity contribution in [2.45, 2.75) is 0 Å². The molecule has 0 aliphatic rings. The molecule has 0 spiro atoms. The Morgan fingerprint density at radius 1 is 1.33 bits per heavy atom. The van der Waals surface area contributed by atoms with Crippen LogP contribution in [0.5, 0.6) is 0 Å². The molecule has 0 aliphatic heterocycles. The highest BCUT2D eigenvalue weighted by atomic mass is 16.7. The van der Waals surface area contributed by atoms with E-state index in [9.17, 15) is 0 Å². The van der Waals surface area contributed by atoms with Gasteiger partial charge in [-0.05, 0) is 0 Å². The van der Waals surface area contributed by atoms with Crippen molar-refractivity contribution < 1.29 is 9.68 Å². The minimum atomic E-state index is 1.45. The van der Waals surface area contributed by atoms with Gasteiger partial charge < -0.3 is 9.68 Å². The summed E-state index contributed by atoms with van der Waals surface area (Å²) in [6.45, 7) is 3.01. The van der Waals surface area contributed by atoms with Crippen LogP contribution in [-0.4, -0.2) is 40.1 Å². The SMILES string of the molecule is C=NOC.CON(C)C. The Hall–Kier alpha value is -0.610. The smallest absolute Gasteiger partial charge is 0.106 e. The molecule has 0 amide bonds. The molecule has 0 rings (SSSR count). The van der Waals surface area contributed by atoms with E-state index >= 15 is 0 Å². The van der Waals surface area contributed by atoms with Crippen molar-refractivity contribution in [2.75, 3.05) is 28.3 Å². The van der Waals surface area contributed by atoms with Crippen LogP contribution >= 0.6 is 0 Å². The Morgan fingerprint density at radius 2 is 1.56 bits per heavy atom. The van der Waals surface area contributed by atoms with Crippen molar-refractivity contribution in [1.82, 2.24) is 5.06 Å². The summed E-state index contributed by atoms with van der Waals surface area (Å²) in [6.07, 6.45) is 0. The van der Waals surface area contributed by atoms with Gasteiger partial charge in [-0.3, -0.25) is 0 Å². The molecule has 0 atom stereocenters. The van der Waals surface area contributed by atoms with Gasteiger partial charge in [0.15, 0.2) is 0 Å². The van der Waals surface area contributed by atoms with Crippen LogP contribution in [-0.2, 0) is 9.68 Å². The average Bonchev–Trinajstić information content (AvgIpc) is 1.89. The highest BCUT2D eigenvalue weighted by Crippen LogP contribution is 1.64. The predicted molar refractivity (Wildman–Crippen MR) is 37.3 cm³/mol. The third-order valence-corrected chi connectivity index (χ3v) is 0.494. The Morgan fingerprint density at radius 3 is 1.56 bits per heavy atom. The van der Waals surface area contributed by atoms with Crippen LogP contribution in [0.2, 0.25) is 0 Å². The van der Waals surface area contributed by atoms with E-state index in [0.29, 0.717) is 0 Å². The maximum absolute atomic E-state index is 4.58. The molecule has 0 saturated heterocycles. The highest BCUT2D eigenvalue weighted by molar-refractivity contribution is 5.21. The molecule has 0 aromatic rings. The third-order valence-electron chi connectivity index (χ3n) is 0.494. The first kappa shape index (κ1) is 11.2. The molecule has 9 heavy (non-hydrogen) atoms. The van der Waals surface area contributed by atoms with Gasteiger partial charge >= 0.3 is 0 Å². The van der Waals surface area contributed by atoms with Crippen LogP contribution in [0.15, 0.2) is 5.16 Å². The number of hydrogen-bond acceptors (Lipinski definition) is 4. The van der Waals surface area contributed by atoms with Crippen LogP contribution in [0.3, 0.4) is 0 Å². The molecule has 0 aliphatic carbocycles. The lowest BCUT2D eigenvalue weighted by Gasteiger charge is -2.01. The molecule has 0 unspecified atom stereocenters. The molecule has 0 bridgehead atoms. The van der Waals surface area contributed by atoms with E-state index < -0.39 is 0 Å². The topological polar surface area (TPSA) is 34.1 Å². The van der Waals surface area contributed by atoms with E-state index in [4.69, 9.17) is 0 Å². The lowest BCUT2D eigenvalue weighted by Crippen LogP contribution is -2.07. The van der Waals surface area contributed by atoms with Crippen molar-refractivity contribution in [3.63, 3.8) is 0 Å². The van der Waals surface area contributed by atoms with Gasteiger partial charge in [0.1, 0.15) is 7.11 Å². The summed E-state index contributed by atoms with van der Waals surface area (Å²) in [7, 11) is 6.74. The van der Waals surface area contributed by atoms with E-state index in [1.54, 1.807) is 12.2 Å². The number of hydrogen-bond donors (Lipinski definition) is 0. The molecule has 4 heteroatoms. The summed E-state index contributed by atoms with van der Waals surface area (Å²) in [6, 6.07) is 0. The zero-order valence-corrected chi connectivity index (χ0v) is 6.42. The van der Waals surface area contributed by atoms with Crippen LogP contribution in [0, 0.1) is 0 Å². The summed E-state index contributed by atoms with van der Waals surface area (Å²) in [5.41, 5.74) is 0. The summed E-state index contributed by atoms with van der Waals surface area (Å²) in [5, 5.41) is 4.61. The monoisotopic (exact) mass is 134 g/mol. The fourth-order valence-electron chi connectivity index (χ4n) is 0. The fraction of sp³-hybridized carbons (Fsp3) is 0.800. The molecule has 0 radical (unpaired) electrons.